The van der Waals surface area contributed by atoms with Crippen LogP contribution in [0.25, 0.3) is 0 Å². The van der Waals surface area contributed by atoms with Crippen molar-refractivity contribution in [1.82, 2.24) is 4.90 Å². The molecule has 4 rings (SSSR count). The van der Waals surface area contributed by atoms with Gasteiger partial charge in [0.2, 0.25) is 5.91 Å². The minimum Gasteiger partial charge on any atom is -0.493 e. The molecule has 2 aromatic rings. The van der Waals surface area contributed by atoms with Crippen molar-refractivity contribution in [2.45, 2.75) is 25.8 Å². The van der Waals surface area contributed by atoms with Crippen LogP contribution in [0.3, 0.4) is 0 Å². The molecule has 0 bridgehead atoms. The molecule has 1 atom stereocenters. The van der Waals surface area contributed by atoms with Gasteiger partial charge in [-0.15, -0.1) is 0 Å². The Morgan fingerprint density at radius 2 is 1.91 bits per heavy atom. The Morgan fingerprint density at radius 1 is 1.20 bits per heavy atom. The van der Waals surface area contributed by atoms with Gasteiger partial charge in [-0.05, 0) is 49.6 Å². The second-order valence-corrected chi connectivity index (χ2v) is 10.6. The molecular formula is C24H25FN2O7S. The number of hydrogen-bond acceptors (Lipinski definition) is 7. The molecule has 0 saturated heterocycles. The molecule has 35 heavy (non-hydrogen) atoms. The van der Waals surface area contributed by atoms with Gasteiger partial charge in [-0.25, -0.2) is 12.8 Å². The third-order valence-corrected chi connectivity index (χ3v) is 6.68. The number of rotatable bonds is 9. The van der Waals surface area contributed by atoms with Crippen LogP contribution >= 0.6 is 0 Å². The number of hydrogen-bond donors (Lipinski definition) is 1. The lowest BCUT2D eigenvalue weighted by Crippen LogP contribution is -2.38. The first kappa shape index (κ1) is 20.9. The molecule has 3 amide bonds. The van der Waals surface area contributed by atoms with Gasteiger partial charge in [-0.1, -0.05) is 6.07 Å². The molecule has 1 heterocycles. The first-order valence-electron chi connectivity index (χ1n) is 12.3. The highest BCUT2D eigenvalue weighted by molar-refractivity contribution is 7.90. The Balaban J connectivity index is 1.79. The molecule has 0 aromatic heterocycles. The summed E-state index contributed by atoms with van der Waals surface area (Å²) in [6.45, 7) is 1.73. The summed E-state index contributed by atoms with van der Waals surface area (Å²) in [5.41, 5.74) is -0.881. The van der Waals surface area contributed by atoms with Crippen LogP contribution in [0.15, 0.2) is 30.3 Å². The molecular weight excluding hydrogens is 479 g/mol. The number of fused-ring (bicyclic) bond motifs is 1. The molecule has 186 valence electrons. The molecule has 1 N–H and O–H groups in total. The predicted octanol–water partition coefficient (Wildman–Crippen LogP) is 2.96. The van der Waals surface area contributed by atoms with Gasteiger partial charge in [-0.3, -0.25) is 19.3 Å². The number of nitrogens with one attached hydrogen (secondary N) is 1. The van der Waals surface area contributed by atoms with Crippen molar-refractivity contribution in [3.8, 4) is 11.5 Å². The van der Waals surface area contributed by atoms with Crippen molar-refractivity contribution in [2.75, 3.05) is 31.0 Å². The van der Waals surface area contributed by atoms with E-state index in [0.29, 0.717) is 17.7 Å². The van der Waals surface area contributed by atoms with Crippen LogP contribution < -0.4 is 14.8 Å². The highest BCUT2D eigenvalue weighted by Gasteiger charge is 2.45. The van der Waals surface area contributed by atoms with Crippen LogP contribution in [0.5, 0.6) is 11.5 Å². The summed E-state index contributed by atoms with van der Waals surface area (Å²) in [7, 11) is -6.63. The summed E-state index contributed by atoms with van der Waals surface area (Å²) >= 11 is 0. The van der Waals surface area contributed by atoms with Gasteiger partial charge in [0.25, 0.3) is 11.8 Å². The smallest absolute Gasteiger partial charge is 0.265 e. The van der Waals surface area contributed by atoms with E-state index in [1.54, 1.807) is 6.92 Å². The van der Waals surface area contributed by atoms with Gasteiger partial charge in [0.1, 0.15) is 15.7 Å². The highest BCUT2D eigenvalue weighted by Crippen LogP contribution is 2.40. The molecule has 2 aromatic carbocycles. The minimum absolute atomic E-state index is 0.0475. The Bertz CT molecular complexity index is 1420. The van der Waals surface area contributed by atoms with E-state index < -0.39 is 51.9 Å². The van der Waals surface area contributed by atoms with Crippen molar-refractivity contribution >= 4 is 33.2 Å². The van der Waals surface area contributed by atoms with E-state index in [0.717, 1.165) is 12.3 Å². The maximum atomic E-state index is 14.8. The molecule has 0 radical (unpaired) electrons. The van der Waals surface area contributed by atoms with Gasteiger partial charge in [-0.2, -0.15) is 0 Å². The number of ether oxygens (including phenoxy) is 2. The molecule has 1 aliphatic carbocycles. The lowest BCUT2D eigenvalue weighted by atomic mass is 10.1. The Kier molecular flexibility index (Phi) is 5.54. The number of anilines is 1. The van der Waals surface area contributed by atoms with Gasteiger partial charge in [0.05, 0.1) is 46.4 Å². The maximum Gasteiger partial charge on any atom is 0.265 e. The molecule has 11 heteroatoms. The largest absolute Gasteiger partial charge is 0.493 e. The van der Waals surface area contributed by atoms with Gasteiger partial charge in [0, 0.05) is 12.2 Å². The quantitative estimate of drug-likeness (QED) is 0.518. The predicted molar refractivity (Wildman–Crippen MR) is 125 cm³/mol. The number of benzene rings is 2. The summed E-state index contributed by atoms with van der Waals surface area (Å²) in [6.07, 6.45) is 2.26. The summed E-state index contributed by atoms with van der Waals surface area (Å²) in [5, 5.41) is 2.57. The first-order chi connectivity index (χ1) is 17.7. The van der Waals surface area contributed by atoms with Crippen LogP contribution in [-0.4, -0.2) is 56.7 Å². The fourth-order valence-corrected chi connectivity index (χ4v) is 4.92. The highest BCUT2D eigenvalue weighted by atomic mass is 32.2. The second kappa shape index (κ2) is 9.29. The van der Waals surface area contributed by atoms with E-state index in [1.807, 2.05) is 0 Å². The van der Waals surface area contributed by atoms with E-state index >= 15 is 0 Å². The Hall–Kier alpha value is -3.47. The lowest BCUT2D eigenvalue weighted by Gasteiger charge is -2.27. The van der Waals surface area contributed by atoms with Crippen molar-refractivity contribution in [1.29, 1.82) is 0 Å². The van der Waals surface area contributed by atoms with Crippen molar-refractivity contribution in [2.24, 2.45) is 5.92 Å². The summed E-state index contributed by atoms with van der Waals surface area (Å²) < 4.78 is 72.1. The molecule has 2 aliphatic rings. The summed E-state index contributed by atoms with van der Waals surface area (Å²) in [5.74, 6) is -4.58. The van der Waals surface area contributed by atoms with E-state index in [1.165, 1.54) is 24.3 Å². The second-order valence-electron chi connectivity index (χ2n) is 8.44. The van der Waals surface area contributed by atoms with Crippen LogP contribution in [0, 0.1) is 11.7 Å². The normalized spacial score (nSPS) is 17.8. The summed E-state index contributed by atoms with van der Waals surface area (Å²) in [4.78, 5) is 40.0. The zero-order valence-corrected chi connectivity index (χ0v) is 19.8. The average Bonchev–Trinajstić information content (AvgIpc) is 3.61. The average molecular weight is 508 g/mol. The van der Waals surface area contributed by atoms with Crippen molar-refractivity contribution < 1.29 is 40.8 Å². The van der Waals surface area contributed by atoms with Crippen LogP contribution in [-0.2, 0) is 14.6 Å². The van der Waals surface area contributed by atoms with Crippen molar-refractivity contribution in [3.05, 3.63) is 52.8 Å². The maximum absolute atomic E-state index is 14.8. The van der Waals surface area contributed by atoms with Crippen LogP contribution in [0.2, 0.25) is 0 Å². The van der Waals surface area contributed by atoms with E-state index in [9.17, 15) is 27.2 Å². The standard InChI is InChI=1S/C24H25FN2O7S/c1-4-34-19-11-14(7-10-18(19)33-2)17(12-35(3,31)32)27-23(29)20-15(25)8-9-16(21(20)24(27)30)26-22(28)13-5-6-13/h7-11,13,17H,4-6,12H2,1-3H3,(H,26,28)/i2D3. The van der Waals surface area contributed by atoms with Crippen molar-refractivity contribution in [3.63, 3.8) is 0 Å². The van der Waals surface area contributed by atoms with Gasteiger partial charge >= 0.3 is 0 Å². The molecule has 1 saturated carbocycles. The zero-order chi connectivity index (χ0) is 28.0. The third kappa shape index (κ3) is 4.86. The number of methoxy groups -OCH3 is 1. The van der Waals surface area contributed by atoms with Gasteiger partial charge < -0.3 is 14.8 Å². The number of carbonyl (C=O) groups excluding carboxylic acids is 3. The number of carbonyl (C=O) groups is 3. The number of amides is 3. The lowest BCUT2D eigenvalue weighted by molar-refractivity contribution is -0.117. The zero-order valence-electron chi connectivity index (χ0n) is 22.0. The molecule has 0 spiro atoms. The van der Waals surface area contributed by atoms with E-state index in [-0.39, 0.29) is 46.7 Å². The van der Waals surface area contributed by atoms with E-state index in [2.05, 4.69) is 5.32 Å². The Labute approximate surface area is 206 Å². The number of sulfone groups is 1. The molecule has 9 nitrogen and oxygen atoms in total. The number of halogens is 1. The Morgan fingerprint density at radius 3 is 2.54 bits per heavy atom. The SMILES string of the molecule is [2H]C([2H])([2H])Oc1ccc(C(CS(C)(=O)=O)N2C(=O)c3c(F)ccc(NC(=O)C4CC4)c3C2=O)cc1OCC. The summed E-state index contributed by atoms with van der Waals surface area (Å²) in [6, 6.07) is 4.51. The first-order valence-corrected chi connectivity index (χ1v) is 12.9. The van der Waals surface area contributed by atoms with Crippen LogP contribution in [0.4, 0.5) is 10.1 Å². The monoisotopic (exact) mass is 507 g/mol. The third-order valence-electron chi connectivity index (χ3n) is 5.76. The van der Waals surface area contributed by atoms with Gasteiger partial charge in [0.15, 0.2) is 11.5 Å². The number of nitrogens with zero attached hydrogens (tertiary/aromatic N) is 1. The molecule has 1 fully saturated rings. The minimum atomic E-state index is -3.82. The number of imide groups is 1. The van der Waals surface area contributed by atoms with E-state index in [4.69, 9.17) is 13.6 Å². The topological polar surface area (TPSA) is 119 Å². The fourth-order valence-electron chi connectivity index (χ4n) is 4.00. The van der Waals surface area contributed by atoms with Crippen LogP contribution in [0.1, 0.15) is 56.2 Å². The molecule has 1 unspecified atom stereocenters. The fraction of sp³-hybridized carbons (Fsp3) is 0.375. The molecule has 1 aliphatic heterocycles.